The number of rotatable bonds is 18. The van der Waals surface area contributed by atoms with Crippen molar-refractivity contribution < 1.29 is 14.6 Å². The number of likely N-dealkylation sites (N-methyl/N-ethyl adjacent to an activating group) is 2. The van der Waals surface area contributed by atoms with Gasteiger partial charge in [-0.3, -0.25) is 4.90 Å². The topological polar surface area (TPSA) is 106 Å². The molecule has 4 aromatic carbocycles. The number of piperidine rings is 2. The number of ether oxygens (including phenoxy) is 2. The monoisotopic (exact) mass is 946 g/mol. The molecule has 2 aliphatic heterocycles. The smallest absolute Gasteiger partial charge is 0.152 e. The SMILES string of the molecule is CCCN(C)c1ccc2nc(C3(N(C)CCC)CC3c3ccc(C4CCN(c5nc(C6(C)CC6)nc6ccc(N(C)CCO)cc56)CC4)c(OC)c3)nc(N3CCC(c4ccccc4OC)CC3)c2c1. The molecule has 2 saturated carbocycles. The molecule has 370 valence electrons. The third kappa shape index (κ3) is 8.99. The van der Waals surface area contributed by atoms with Crippen LogP contribution < -0.4 is 29.1 Å². The Morgan fingerprint density at radius 1 is 0.629 bits per heavy atom. The summed E-state index contributed by atoms with van der Waals surface area (Å²) in [6, 6.07) is 28.9. The van der Waals surface area contributed by atoms with Crippen molar-refractivity contribution in [2.45, 2.75) is 107 Å². The van der Waals surface area contributed by atoms with Gasteiger partial charge in [-0.2, -0.15) is 0 Å². The Balaban J connectivity index is 0.935. The minimum Gasteiger partial charge on any atom is -0.496 e. The van der Waals surface area contributed by atoms with E-state index >= 15 is 0 Å². The Labute approximate surface area is 416 Å². The van der Waals surface area contributed by atoms with Crippen LogP contribution in [0.3, 0.4) is 0 Å². The minimum atomic E-state index is -0.340. The standard InChI is InChI=1S/C58H75N9O3/c1-9-27-63(4)42-16-20-50-47(36-42)54(67-29-21-39(22-30-67)44-13-11-12-14-51(44)69-7)62-56(60-50)58(65(6)28-10-2)38-48(58)41-15-18-45(52(35-41)70-8)40-23-31-66(32-24-40)53-46-37-43(64(5)33-34-68)17-19-49(46)59-55(61-53)57(3)25-26-57/h11-20,35-37,39-40,48,68H,9-10,21-34,38H2,1-8H3. The van der Waals surface area contributed by atoms with E-state index in [9.17, 15) is 5.11 Å². The van der Waals surface area contributed by atoms with Gasteiger partial charge in [-0.25, -0.2) is 19.9 Å². The third-order valence-corrected chi connectivity index (χ3v) is 16.6. The Morgan fingerprint density at radius 2 is 1.17 bits per heavy atom. The van der Waals surface area contributed by atoms with E-state index in [-0.39, 0.29) is 23.5 Å². The maximum absolute atomic E-state index is 9.68. The zero-order valence-electron chi connectivity index (χ0n) is 43.0. The molecule has 2 atom stereocenters. The predicted molar refractivity (Wildman–Crippen MR) is 286 cm³/mol. The zero-order valence-corrected chi connectivity index (χ0v) is 43.0. The molecule has 0 bridgehead atoms. The molecule has 0 amide bonds. The highest BCUT2D eigenvalue weighted by molar-refractivity contribution is 5.93. The lowest BCUT2D eigenvalue weighted by molar-refractivity contribution is 0.206. The Kier molecular flexibility index (Phi) is 13.6. The van der Waals surface area contributed by atoms with E-state index in [0.717, 1.165) is 159 Å². The van der Waals surface area contributed by atoms with E-state index in [2.05, 4.69) is 138 Å². The van der Waals surface area contributed by atoms with Crippen LogP contribution in [-0.4, -0.2) is 118 Å². The van der Waals surface area contributed by atoms with Crippen molar-refractivity contribution in [2.24, 2.45) is 0 Å². The molecule has 10 rings (SSSR count). The van der Waals surface area contributed by atoms with Crippen LogP contribution in [0.4, 0.5) is 23.0 Å². The first-order valence-corrected chi connectivity index (χ1v) is 26.2. The number of para-hydroxylation sites is 1. The highest BCUT2D eigenvalue weighted by Gasteiger charge is 2.61. The quantitative estimate of drug-likeness (QED) is 0.0887. The Hall–Kier alpha value is -5.72. The van der Waals surface area contributed by atoms with Crippen molar-refractivity contribution in [3.8, 4) is 11.5 Å². The van der Waals surface area contributed by atoms with Gasteiger partial charge in [-0.05, 0) is 148 Å². The van der Waals surface area contributed by atoms with E-state index < -0.39 is 0 Å². The first-order valence-electron chi connectivity index (χ1n) is 26.2. The van der Waals surface area contributed by atoms with E-state index in [1.165, 1.54) is 22.4 Å². The van der Waals surface area contributed by atoms with Crippen LogP contribution in [0.2, 0.25) is 0 Å². The minimum absolute atomic E-state index is 0.0564. The average Bonchev–Trinajstić information content (AvgIpc) is 4.34. The Bertz CT molecular complexity index is 2820. The lowest BCUT2D eigenvalue weighted by atomic mass is 9.87. The first-order chi connectivity index (χ1) is 34.0. The number of fused-ring (bicyclic) bond motifs is 2. The number of aromatic nitrogens is 4. The number of hydrogen-bond acceptors (Lipinski definition) is 12. The Morgan fingerprint density at radius 3 is 1.73 bits per heavy atom. The molecule has 6 aromatic rings. The van der Waals surface area contributed by atoms with Gasteiger partial charge in [0.2, 0.25) is 0 Å². The number of hydrogen-bond donors (Lipinski definition) is 1. The van der Waals surface area contributed by atoms with Crippen molar-refractivity contribution in [1.29, 1.82) is 0 Å². The fraction of sp³-hybridized carbons (Fsp3) is 0.517. The normalized spacial score (nSPS) is 20.3. The van der Waals surface area contributed by atoms with E-state index in [1.807, 2.05) is 14.2 Å². The first kappa shape index (κ1) is 47.9. The molecule has 2 saturated heterocycles. The molecule has 2 aromatic heterocycles. The number of aliphatic hydroxyl groups excluding tert-OH is 1. The van der Waals surface area contributed by atoms with Crippen LogP contribution in [0.5, 0.6) is 11.5 Å². The highest BCUT2D eigenvalue weighted by atomic mass is 16.5. The van der Waals surface area contributed by atoms with Gasteiger partial charge in [-0.15, -0.1) is 0 Å². The number of aliphatic hydroxyl groups is 1. The van der Waals surface area contributed by atoms with Crippen molar-refractivity contribution >= 4 is 44.8 Å². The maximum Gasteiger partial charge on any atom is 0.152 e. The van der Waals surface area contributed by atoms with Gasteiger partial charge < -0.3 is 34.2 Å². The lowest BCUT2D eigenvalue weighted by Gasteiger charge is -2.35. The molecule has 0 radical (unpaired) electrons. The molecule has 12 nitrogen and oxygen atoms in total. The van der Waals surface area contributed by atoms with Crippen molar-refractivity contribution in [3.05, 3.63) is 107 Å². The molecule has 2 aliphatic carbocycles. The van der Waals surface area contributed by atoms with Crippen LogP contribution in [0, 0.1) is 0 Å². The second-order valence-corrected chi connectivity index (χ2v) is 21.1. The molecule has 2 unspecified atom stereocenters. The van der Waals surface area contributed by atoms with Gasteiger partial charge in [0.05, 0.1) is 37.4 Å². The molecule has 0 spiro atoms. The van der Waals surface area contributed by atoms with Crippen LogP contribution >= 0.6 is 0 Å². The molecule has 70 heavy (non-hydrogen) atoms. The highest BCUT2D eigenvalue weighted by Crippen LogP contribution is 2.62. The lowest BCUT2D eigenvalue weighted by Crippen LogP contribution is -2.37. The zero-order chi connectivity index (χ0) is 48.7. The van der Waals surface area contributed by atoms with E-state index in [4.69, 9.17) is 29.4 Å². The summed E-state index contributed by atoms with van der Waals surface area (Å²) in [6.07, 6.45) is 9.42. The summed E-state index contributed by atoms with van der Waals surface area (Å²) in [5.41, 5.74) is 7.87. The van der Waals surface area contributed by atoms with Crippen molar-refractivity contribution in [1.82, 2.24) is 24.8 Å². The average molecular weight is 946 g/mol. The molecular weight excluding hydrogens is 871 g/mol. The van der Waals surface area contributed by atoms with Crippen LogP contribution in [-0.2, 0) is 11.0 Å². The summed E-state index contributed by atoms with van der Waals surface area (Å²) in [6.45, 7) is 13.1. The number of anilines is 4. The fourth-order valence-electron chi connectivity index (χ4n) is 11.9. The van der Waals surface area contributed by atoms with Crippen molar-refractivity contribution in [2.75, 3.05) is 107 Å². The molecule has 1 N–H and O–H groups in total. The van der Waals surface area contributed by atoms with Crippen molar-refractivity contribution in [3.63, 3.8) is 0 Å². The summed E-state index contributed by atoms with van der Waals surface area (Å²) in [7, 11) is 10.1. The second-order valence-electron chi connectivity index (χ2n) is 21.1. The number of benzene rings is 4. The molecule has 4 heterocycles. The number of nitrogens with zero attached hydrogens (tertiary/aromatic N) is 9. The second kappa shape index (κ2) is 19.8. The fourth-order valence-corrected chi connectivity index (χ4v) is 11.9. The summed E-state index contributed by atoms with van der Waals surface area (Å²) < 4.78 is 12.1. The molecular formula is C58H75N9O3. The third-order valence-electron chi connectivity index (χ3n) is 16.6. The van der Waals surface area contributed by atoms with E-state index in [1.54, 1.807) is 7.11 Å². The van der Waals surface area contributed by atoms with E-state index in [0.29, 0.717) is 18.4 Å². The van der Waals surface area contributed by atoms with Crippen LogP contribution in [0.15, 0.2) is 78.9 Å². The van der Waals surface area contributed by atoms with Gasteiger partial charge in [-0.1, -0.05) is 51.1 Å². The molecule has 4 fully saturated rings. The van der Waals surface area contributed by atoms with Crippen LogP contribution in [0.25, 0.3) is 21.8 Å². The van der Waals surface area contributed by atoms with Gasteiger partial charge in [0, 0.05) is 86.8 Å². The summed E-state index contributed by atoms with van der Waals surface area (Å²) in [5.74, 6) is 6.97. The van der Waals surface area contributed by atoms with Crippen LogP contribution in [0.1, 0.15) is 125 Å². The van der Waals surface area contributed by atoms with Gasteiger partial charge in [0.25, 0.3) is 0 Å². The molecule has 4 aliphatic rings. The maximum atomic E-state index is 9.68. The van der Waals surface area contributed by atoms with Gasteiger partial charge in [0.15, 0.2) is 5.82 Å². The van der Waals surface area contributed by atoms with Gasteiger partial charge >= 0.3 is 0 Å². The summed E-state index contributed by atoms with van der Waals surface area (Å²) in [4.78, 5) is 33.7. The molecule has 12 heteroatoms. The number of methoxy groups -OCH3 is 2. The summed E-state index contributed by atoms with van der Waals surface area (Å²) in [5, 5.41) is 11.9. The van der Waals surface area contributed by atoms with Gasteiger partial charge in [0.1, 0.15) is 29.0 Å². The predicted octanol–water partition coefficient (Wildman–Crippen LogP) is 10.4. The summed E-state index contributed by atoms with van der Waals surface area (Å²) >= 11 is 0. The largest absolute Gasteiger partial charge is 0.496 e.